The predicted octanol–water partition coefficient (Wildman–Crippen LogP) is 1.89. The van der Waals surface area contributed by atoms with Crippen LogP contribution in [-0.4, -0.2) is 34.1 Å². The topological polar surface area (TPSA) is 66.3 Å². The Labute approximate surface area is 119 Å². The Morgan fingerprint density at radius 2 is 2.20 bits per heavy atom. The Hall–Kier alpha value is -1.65. The first-order valence-electron chi connectivity index (χ1n) is 7.40. The van der Waals surface area contributed by atoms with Crippen LogP contribution >= 0.6 is 0 Å². The number of aryl methyl sites for hydroxylation is 2. The van der Waals surface area contributed by atoms with Gasteiger partial charge in [-0.05, 0) is 38.0 Å². The standard InChI is InChI=1S/C15H21N3O2/c1-3-10-6-16-9(2)17-14(10)18-7-12(11-4-5-11)13(8-18)15(19)20/h6,11-13H,3-5,7-8H2,1-2H3,(H,19,20)/t12-,13+/m0/s1. The lowest BCUT2D eigenvalue weighted by molar-refractivity contribution is -0.142. The molecule has 1 aromatic heterocycles. The number of aromatic nitrogens is 2. The molecule has 20 heavy (non-hydrogen) atoms. The summed E-state index contributed by atoms with van der Waals surface area (Å²) >= 11 is 0. The summed E-state index contributed by atoms with van der Waals surface area (Å²) in [6, 6.07) is 0. The first-order valence-corrected chi connectivity index (χ1v) is 7.40. The molecule has 3 rings (SSSR count). The van der Waals surface area contributed by atoms with Crippen LogP contribution in [0.2, 0.25) is 0 Å². The molecule has 0 unspecified atom stereocenters. The summed E-state index contributed by atoms with van der Waals surface area (Å²) in [5.74, 6) is 1.67. The minimum atomic E-state index is -0.659. The number of carbonyl (C=O) groups is 1. The van der Waals surface area contributed by atoms with Crippen molar-refractivity contribution in [3.8, 4) is 0 Å². The number of aliphatic carboxylic acids is 1. The van der Waals surface area contributed by atoms with Gasteiger partial charge in [0, 0.05) is 24.8 Å². The van der Waals surface area contributed by atoms with Crippen molar-refractivity contribution in [2.75, 3.05) is 18.0 Å². The molecule has 1 aliphatic carbocycles. The van der Waals surface area contributed by atoms with Gasteiger partial charge in [0.1, 0.15) is 11.6 Å². The fraction of sp³-hybridized carbons (Fsp3) is 0.667. The van der Waals surface area contributed by atoms with Crippen LogP contribution in [0.15, 0.2) is 6.20 Å². The monoisotopic (exact) mass is 275 g/mol. The van der Waals surface area contributed by atoms with Gasteiger partial charge in [0.25, 0.3) is 0 Å². The highest BCUT2D eigenvalue weighted by molar-refractivity contribution is 5.72. The highest BCUT2D eigenvalue weighted by Crippen LogP contribution is 2.45. The van der Waals surface area contributed by atoms with Crippen LogP contribution in [0.25, 0.3) is 0 Å². The zero-order valence-corrected chi connectivity index (χ0v) is 12.0. The smallest absolute Gasteiger partial charge is 0.308 e. The maximum Gasteiger partial charge on any atom is 0.308 e. The highest BCUT2D eigenvalue weighted by atomic mass is 16.4. The van der Waals surface area contributed by atoms with E-state index in [1.165, 1.54) is 12.8 Å². The number of hydrogen-bond acceptors (Lipinski definition) is 4. The lowest BCUT2D eigenvalue weighted by Crippen LogP contribution is -2.25. The Balaban J connectivity index is 1.88. The highest BCUT2D eigenvalue weighted by Gasteiger charge is 2.46. The Morgan fingerprint density at radius 3 is 2.80 bits per heavy atom. The van der Waals surface area contributed by atoms with Gasteiger partial charge >= 0.3 is 5.97 Å². The second kappa shape index (κ2) is 5.04. The van der Waals surface area contributed by atoms with Gasteiger partial charge in [0.05, 0.1) is 5.92 Å². The van der Waals surface area contributed by atoms with Crippen LogP contribution < -0.4 is 4.90 Å². The summed E-state index contributed by atoms with van der Waals surface area (Å²) in [6.45, 7) is 5.37. The second-order valence-corrected chi connectivity index (χ2v) is 5.97. The maximum atomic E-state index is 11.5. The number of rotatable bonds is 4. The molecule has 0 amide bonds. The van der Waals surface area contributed by atoms with Crippen LogP contribution in [0.3, 0.4) is 0 Å². The number of carboxylic acids is 1. The van der Waals surface area contributed by atoms with Crippen molar-refractivity contribution in [1.29, 1.82) is 0 Å². The number of anilines is 1. The quantitative estimate of drug-likeness (QED) is 0.909. The fourth-order valence-electron chi connectivity index (χ4n) is 3.27. The first kappa shape index (κ1) is 13.3. The van der Waals surface area contributed by atoms with E-state index < -0.39 is 5.97 Å². The van der Waals surface area contributed by atoms with Crippen LogP contribution in [0.5, 0.6) is 0 Å². The van der Waals surface area contributed by atoms with E-state index in [9.17, 15) is 9.90 Å². The second-order valence-electron chi connectivity index (χ2n) is 5.97. The zero-order valence-electron chi connectivity index (χ0n) is 12.0. The van der Waals surface area contributed by atoms with Gasteiger partial charge in [0.15, 0.2) is 0 Å². The number of hydrogen-bond donors (Lipinski definition) is 1. The first-order chi connectivity index (χ1) is 9.60. The number of carboxylic acid groups (broad SMARTS) is 1. The van der Waals surface area contributed by atoms with E-state index in [0.29, 0.717) is 12.5 Å². The third kappa shape index (κ3) is 2.37. The van der Waals surface area contributed by atoms with E-state index >= 15 is 0 Å². The summed E-state index contributed by atoms with van der Waals surface area (Å²) in [4.78, 5) is 22.4. The van der Waals surface area contributed by atoms with Crippen LogP contribution in [-0.2, 0) is 11.2 Å². The Morgan fingerprint density at radius 1 is 1.45 bits per heavy atom. The predicted molar refractivity (Wildman–Crippen MR) is 75.7 cm³/mol. The van der Waals surface area contributed by atoms with E-state index in [0.717, 1.165) is 30.2 Å². The molecular formula is C15H21N3O2. The Kier molecular flexibility index (Phi) is 3.36. The molecule has 0 bridgehead atoms. The van der Waals surface area contributed by atoms with E-state index in [-0.39, 0.29) is 11.8 Å². The van der Waals surface area contributed by atoms with Crippen LogP contribution in [0.4, 0.5) is 5.82 Å². The van der Waals surface area contributed by atoms with E-state index in [1.807, 2.05) is 13.1 Å². The molecule has 2 fully saturated rings. The molecule has 0 spiro atoms. The van der Waals surface area contributed by atoms with Crippen molar-refractivity contribution >= 4 is 11.8 Å². The largest absolute Gasteiger partial charge is 0.481 e. The third-order valence-corrected chi connectivity index (χ3v) is 4.55. The van der Waals surface area contributed by atoms with Crippen LogP contribution in [0.1, 0.15) is 31.2 Å². The zero-order chi connectivity index (χ0) is 14.3. The molecular weight excluding hydrogens is 254 g/mol. The van der Waals surface area contributed by atoms with Gasteiger partial charge in [-0.3, -0.25) is 4.79 Å². The molecule has 2 atom stereocenters. The minimum absolute atomic E-state index is 0.248. The van der Waals surface area contributed by atoms with Gasteiger partial charge in [-0.15, -0.1) is 0 Å². The fourth-order valence-corrected chi connectivity index (χ4v) is 3.27. The SMILES string of the molecule is CCc1cnc(C)nc1N1C[C@@H](C(=O)O)[C@H](C2CC2)C1. The minimum Gasteiger partial charge on any atom is -0.481 e. The van der Waals surface area contributed by atoms with Crippen LogP contribution in [0, 0.1) is 24.7 Å². The molecule has 1 N–H and O–H groups in total. The molecule has 5 nitrogen and oxygen atoms in total. The van der Waals surface area contributed by atoms with Gasteiger partial charge in [-0.2, -0.15) is 0 Å². The van der Waals surface area contributed by atoms with Crippen molar-refractivity contribution in [3.05, 3.63) is 17.6 Å². The third-order valence-electron chi connectivity index (χ3n) is 4.55. The average molecular weight is 275 g/mol. The summed E-state index contributed by atoms with van der Waals surface area (Å²) in [5, 5.41) is 9.45. The summed E-state index contributed by atoms with van der Waals surface area (Å²) in [5.41, 5.74) is 1.11. The van der Waals surface area contributed by atoms with E-state index in [2.05, 4.69) is 21.8 Å². The Bertz CT molecular complexity index is 528. The normalized spacial score (nSPS) is 26.0. The maximum absolute atomic E-state index is 11.5. The van der Waals surface area contributed by atoms with Gasteiger partial charge in [0.2, 0.25) is 0 Å². The molecule has 0 radical (unpaired) electrons. The number of nitrogens with zero attached hydrogens (tertiary/aromatic N) is 3. The summed E-state index contributed by atoms with van der Waals surface area (Å²) in [7, 11) is 0. The molecule has 0 aromatic carbocycles. The molecule has 1 saturated heterocycles. The molecule has 5 heteroatoms. The molecule has 1 aromatic rings. The summed E-state index contributed by atoms with van der Waals surface area (Å²) < 4.78 is 0. The summed E-state index contributed by atoms with van der Waals surface area (Å²) in [6.07, 6.45) is 5.12. The van der Waals surface area contributed by atoms with Gasteiger partial charge in [-0.25, -0.2) is 9.97 Å². The van der Waals surface area contributed by atoms with E-state index in [1.54, 1.807) is 0 Å². The lowest BCUT2D eigenvalue weighted by atomic mass is 9.92. The van der Waals surface area contributed by atoms with Crippen molar-refractivity contribution in [2.24, 2.45) is 17.8 Å². The van der Waals surface area contributed by atoms with Crippen molar-refractivity contribution in [2.45, 2.75) is 33.1 Å². The van der Waals surface area contributed by atoms with Gasteiger partial charge < -0.3 is 10.0 Å². The van der Waals surface area contributed by atoms with Crippen molar-refractivity contribution < 1.29 is 9.90 Å². The van der Waals surface area contributed by atoms with E-state index in [4.69, 9.17) is 0 Å². The molecule has 108 valence electrons. The lowest BCUT2D eigenvalue weighted by Gasteiger charge is -2.20. The van der Waals surface area contributed by atoms with Crippen molar-refractivity contribution in [1.82, 2.24) is 9.97 Å². The molecule has 2 aliphatic rings. The van der Waals surface area contributed by atoms with Crippen molar-refractivity contribution in [3.63, 3.8) is 0 Å². The molecule has 1 aliphatic heterocycles. The average Bonchev–Trinajstić information content (AvgIpc) is 3.17. The van der Waals surface area contributed by atoms with Gasteiger partial charge in [-0.1, -0.05) is 6.92 Å². The molecule has 2 heterocycles. The molecule has 1 saturated carbocycles.